The summed E-state index contributed by atoms with van der Waals surface area (Å²) in [5.41, 5.74) is 5.75. The Balaban J connectivity index is 1.88. The van der Waals surface area contributed by atoms with E-state index in [9.17, 15) is 0 Å². The van der Waals surface area contributed by atoms with E-state index in [-0.39, 0.29) is 0 Å². The molecule has 0 N–H and O–H groups in total. The number of rotatable bonds is 2. The molecule has 3 aromatic rings. The number of hydrogen-bond acceptors (Lipinski definition) is 0. The summed E-state index contributed by atoms with van der Waals surface area (Å²) in [6.07, 6.45) is 0. The lowest BCUT2D eigenvalue weighted by Crippen LogP contribution is -1.80. The van der Waals surface area contributed by atoms with Crippen LogP contribution in [0.1, 0.15) is 0 Å². The molecule has 0 radical (unpaired) electrons. The van der Waals surface area contributed by atoms with E-state index in [2.05, 4.69) is 34.0 Å². The Bertz CT molecular complexity index is 783. The predicted molar refractivity (Wildman–Crippen MR) is 89.8 cm³/mol. The Hall–Kier alpha value is -3.36. The van der Waals surface area contributed by atoms with Crippen molar-refractivity contribution in [2.24, 2.45) is 0 Å². The first-order valence-corrected chi connectivity index (χ1v) is 6.86. The van der Waals surface area contributed by atoms with E-state index in [0.717, 1.165) is 22.3 Å². The van der Waals surface area contributed by atoms with Crippen molar-refractivity contribution in [3.63, 3.8) is 0 Å². The standard InChI is InChI=1S/C20H12N2/c1-21-19-11-7-17(8-12-19)15-3-5-16(6-4-15)18-9-13-20(22-2)14-10-18/h3-14H. The van der Waals surface area contributed by atoms with Gasteiger partial charge in [-0.05, 0) is 22.3 Å². The molecular weight excluding hydrogens is 268 g/mol. The minimum atomic E-state index is 0.653. The topological polar surface area (TPSA) is 8.72 Å². The third-order valence-corrected chi connectivity index (χ3v) is 3.54. The minimum absolute atomic E-state index is 0.653. The van der Waals surface area contributed by atoms with Gasteiger partial charge in [0, 0.05) is 0 Å². The van der Waals surface area contributed by atoms with Crippen molar-refractivity contribution in [2.45, 2.75) is 0 Å². The van der Waals surface area contributed by atoms with Gasteiger partial charge in [-0.25, -0.2) is 9.69 Å². The molecule has 0 atom stereocenters. The summed E-state index contributed by atoms with van der Waals surface area (Å²) in [7, 11) is 0. The lowest BCUT2D eigenvalue weighted by Gasteiger charge is -2.05. The Morgan fingerprint density at radius 1 is 0.409 bits per heavy atom. The Morgan fingerprint density at radius 2 is 0.636 bits per heavy atom. The van der Waals surface area contributed by atoms with Crippen LogP contribution in [0, 0.1) is 13.1 Å². The van der Waals surface area contributed by atoms with Crippen molar-refractivity contribution in [3.05, 3.63) is 95.6 Å². The van der Waals surface area contributed by atoms with E-state index < -0.39 is 0 Å². The Kier molecular flexibility index (Phi) is 3.69. The van der Waals surface area contributed by atoms with Crippen molar-refractivity contribution >= 4 is 11.4 Å². The second-order valence-electron chi connectivity index (χ2n) is 4.89. The predicted octanol–water partition coefficient (Wildman–Crippen LogP) is 6.12. The zero-order chi connectivity index (χ0) is 15.4. The summed E-state index contributed by atoms with van der Waals surface area (Å²) in [4.78, 5) is 6.80. The molecule has 0 bridgehead atoms. The molecule has 2 nitrogen and oxygen atoms in total. The molecule has 0 aromatic heterocycles. The second-order valence-corrected chi connectivity index (χ2v) is 4.89. The van der Waals surface area contributed by atoms with E-state index in [4.69, 9.17) is 13.1 Å². The van der Waals surface area contributed by atoms with E-state index in [1.54, 1.807) is 0 Å². The van der Waals surface area contributed by atoms with Crippen molar-refractivity contribution in [1.82, 2.24) is 0 Å². The van der Waals surface area contributed by atoms with Gasteiger partial charge >= 0.3 is 0 Å². The van der Waals surface area contributed by atoms with Crippen LogP contribution in [-0.2, 0) is 0 Å². The molecule has 0 unspecified atom stereocenters. The summed E-state index contributed by atoms with van der Waals surface area (Å²) in [5, 5.41) is 0. The highest BCUT2D eigenvalue weighted by Gasteiger charge is 2.01. The molecule has 0 aliphatic carbocycles. The summed E-state index contributed by atoms with van der Waals surface area (Å²) in [5.74, 6) is 0. The van der Waals surface area contributed by atoms with Gasteiger partial charge in [-0.3, -0.25) is 0 Å². The fraction of sp³-hybridized carbons (Fsp3) is 0. The molecule has 22 heavy (non-hydrogen) atoms. The van der Waals surface area contributed by atoms with Crippen LogP contribution in [-0.4, -0.2) is 0 Å². The number of nitrogens with zero attached hydrogens (tertiary/aromatic N) is 2. The highest BCUT2D eigenvalue weighted by atomic mass is 14.6. The maximum absolute atomic E-state index is 6.98. The quantitative estimate of drug-likeness (QED) is 0.500. The molecule has 3 aromatic carbocycles. The van der Waals surface area contributed by atoms with Crippen molar-refractivity contribution in [2.75, 3.05) is 0 Å². The Morgan fingerprint density at radius 3 is 0.864 bits per heavy atom. The first-order chi connectivity index (χ1) is 10.8. The zero-order valence-electron chi connectivity index (χ0n) is 11.8. The van der Waals surface area contributed by atoms with Gasteiger partial charge < -0.3 is 0 Å². The molecule has 2 heteroatoms. The Labute approximate surface area is 129 Å². The molecule has 0 spiro atoms. The highest BCUT2D eigenvalue weighted by molar-refractivity contribution is 5.72. The van der Waals surface area contributed by atoms with E-state index in [1.165, 1.54) is 0 Å². The van der Waals surface area contributed by atoms with Gasteiger partial charge in [-0.2, -0.15) is 0 Å². The van der Waals surface area contributed by atoms with Crippen LogP contribution in [0.15, 0.2) is 72.8 Å². The van der Waals surface area contributed by atoms with Crippen LogP contribution in [0.4, 0.5) is 11.4 Å². The average molecular weight is 280 g/mol. The number of hydrogen-bond donors (Lipinski definition) is 0. The van der Waals surface area contributed by atoms with Crippen molar-refractivity contribution in [3.8, 4) is 22.3 Å². The summed E-state index contributed by atoms with van der Waals surface area (Å²) < 4.78 is 0. The van der Waals surface area contributed by atoms with Gasteiger partial charge in [0.25, 0.3) is 0 Å². The third kappa shape index (κ3) is 2.73. The smallest absolute Gasteiger partial charge is 0.187 e. The maximum atomic E-state index is 6.98. The van der Waals surface area contributed by atoms with E-state index in [1.807, 2.05) is 48.5 Å². The zero-order valence-corrected chi connectivity index (χ0v) is 11.8. The molecule has 0 aliphatic heterocycles. The van der Waals surface area contributed by atoms with Crippen LogP contribution in [0.5, 0.6) is 0 Å². The highest BCUT2D eigenvalue weighted by Crippen LogP contribution is 2.27. The molecule has 0 fully saturated rings. The largest absolute Gasteiger partial charge is 0.238 e. The van der Waals surface area contributed by atoms with Crippen molar-refractivity contribution < 1.29 is 0 Å². The van der Waals surface area contributed by atoms with Crippen molar-refractivity contribution in [1.29, 1.82) is 0 Å². The SMILES string of the molecule is [C-]#[N+]c1ccc(-c2ccc(-c3ccc([N+]#[C-])cc3)cc2)cc1. The molecule has 0 saturated carbocycles. The summed E-state index contributed by atoms with van der Waals surface area (Å²) in [6, 6.07) is 23.5. The number of benzene rings is 3. The summed E-state index contributed by atoms with van der Waals surface area (Å²) >= 11 is 0. The van der Waals surface area contributed by atoms with E-state index in [0.29, 0.717) is 11.4 Å². The molecule has 0 aliphatic rings. The van der Waals surface area contributed by atoms with Crippen LogP contribution in [0.3, 0.4) is 0 Å². The van der Waals surface area contributed by atoms with Crippen LogP contribution in [0.2, 0.25) is 0 Å². The van der Waals surface area contributed by atoms with Crippen LogP contribution < -0.4 is 0 Å². The average Bonchev–Trinajstić information content (AvgIpc) is 2.62. The van der Waals surface area contributed by atoms with Crippen LogP contribution >= 0.6 is 0 Å². The van der Waals surface area contributed by atoms with Gasteiger partial charge in [-0.15, -0.1) is 0 Å². The molecular formula is C20H12N2. The molecule has 102 valence electrons. The lowest BCUT2D eigenvalue weighted by atomic mass is 10.00. The molecule has 3 rings (SSSR count). The molecule has 0 amide bonds. The first-order valence-electron chi connectivity index (χ1n) is 6.86. The van der Waals surface area contributed by atoms with Gasteiger partial charge in [0.2, 0.25) is 0 Å². The maximum Gasteiger partial charge on any atom is 0.187 e. The fourth-order valence-electron chi connectivity index (χ4n) is 2.31. The normalized spacial score (nSPS) is 9.73. The fourth-order valence-corrected chi connectivity index (χ4v) is 2.31. The van der Waals surface area contributed by atoms with Gasteiger partial charge in [0.1, 0.15) is 0 Å². The van der Waals surface area contributed by atoms with E-state index >= 15 is 0 Å². The van der Waals surface area contributed by atoms with Gasteiger partial charge in [0.15, 0.2) is 11.4 Å². The minimum Gasteiger partial charge on any atom is -0.238 e. The van der Waals surface area contributed by atoms with Gasteiger partial charge in [0.05, 0.1) is 13.1 Å². The second kappa shape index (κ2) is 5.95. The third-order valence-electron chi connectivity index (χ3n) is 3.54. The van der Waals surface area contributed by atoms with Gasteiger partial charge in [-0.1, -0.05) is 72.8 Å². The monoisotopic (exact) mass is 280 g/mol. The molecule has 0 heterocycles. The lowest BCUT2D eigenvalue weighted by molar-refractivity contribution is 1.59. The molecule has 0 saturated heterocycles. The summed E-state index contributed by atoms with van der Waals surface area (Å²) in [6.45, 7) is 14.0. The first kappa shape index (κ1) is 13.6. The van der Waals surface area contributed by atoms with Crippen LogP contribution in [0.25, 0.3) is 31.9 Å².